The van der Waals surface area contributed by atoms with E-state index in [4.69, 9.17) is 0 Å². The van der Waals surface area contributed by atoms with Gasteiger partial charge in [-0.15, -0.1) is 0 Å². The number of rotatable bonds is 8. The van der Waals surface area contributed by atoms with Crippen molar-refractivity contribution in [2.75, 3.05) is 4.90 Å². The van der Waals surface area contributed by atoms with Crippen molar-refractivity contribution in [2.24, 2.45) is 0 Å². The van der Waals surface area contributed by atoms with Gasteiger partial charge in [0, 0.05) is 38.5 Å². The Labute approximate surface area is 418 Å². The van der Waals surface area contributed by atoms with Crippen LogP contribution >= 0.6 is 0 Å². The number of fused-ring (bicyclic) bond motifs is 8. The molecule has 0 unspecified atom stereocenters. The van der Waals surface area contributed by atoms with Gasteiger partial charge in [-0.2, -0.15) is 0 Å². The fourth-order valence-corrected chi connectivity index (χ4v) is 11.5. The Kier molecular flexibility index (Phi) is 9.89. The van der Waals surface area contributed by atoms with Crippen LogP contribution in [0.4, 0.5) is 17.1 Å². The Balaban J connectivity index is 1.04. The molecule has 0 atom stereocenters. The van der Waals surface area contributed by atoms with Crippen LogP contribution in [0.15, 0.2) is 279 Å². The predicted molar refractivity (Wildman–Crippen MR) is 307 cm³/mol. The molecule has 0 aliphatic rings. The van der Waals surface area contributed by atoms with Crippen molar-refractivity contribution in [3.63, 3.8) is 0 Å². The molecule has 2 nitrogen and oxygen atoms in total. The first kappa shape index (κ1) is 41.5. The van der Waals surface area contributed by atoms with Gasteiger partial charge < -0.3 is 9.47 Å². The molecule has 0 radical (unpaired) electrons. The van der Waals surface area contributed by atoms with Crippen molar-refractivity contribution in [3.05, 3.63) is 279 Å². The van der Waals surface area contributed by atoms with Crippen LogP contribution in [0.1, 0.15) is 0 Å². The van der Waals surface area contributed by atoms with Crippen molar-refractivity contribution < 1.29 is 0 Å². The molecule has 13 aromatic carbocycles. The summed E-state index contributed by atoms with van der Waals surface area (Å²) >= 11 is 0. The molecule has 1 heterocycles. The van der Waals surface area contributed by atoms with Crippen molar-refractivity contribution in [1.82, 2.24) is 4.57 Å². The van der Waals surface area contributed by atoms with Crippen molar-refractivity contribution in [2.45, 2.75) is 0 Å². The average Bonchev–Trinajstić information content (AvgIpc) is 3.80. The first-order chi connectivity index (χ1) is 35.7. The standard InChI is InChI=1S/C70H46N2/c1-2-19-47(20-3-1)52-43-53(51-26-16-27-54(44-51)72-68-38-15-13-34-65(68)66-40-39-50-23-6-9-30-58(50)70(66)72)46-55(45-52)71(67-37-14-12-33-63(67)60-36-18-25-49-22-5-8-29-57(49)60)69-42-41-62(61-31-10-11-32-64(61)69)59-35-17-24-48-21-4-7-28-56(48)59/h1-46H. The quantitative estimate of drug-likeness (QED) is 0.147. The Hall–Kier alpha value is -9.50. The SMILES string of the molecule is c1ccc(-c2cc(-c3cccc(-n4c5ccccc5c5ccc6ccccc6c54)c3)cc(N(c3ccccc3-c3cccc4ccccc34)c3ccc(-c4cccc5ccccc45)c4ccccc34)c2)cc1. The monoisotopic (exact) mass is 914 g/mol. The average molecular weight is 915 g/mol. The highest BCUT2D eigenvalue weighted by molar-refractivity contribution is 6.19. The summed E-state index contributed by atoms with van der Waals surface area (Å²) in [4.78, 5) is 2.52. The van der Waals surface area contributed by atoms with Gasteiger partial charge in [-0.1, -0.05) is 231 Å². The Morgan fingerprint density at radius 3 is 1.51 bits per heavy atom. The predicted octanol–water partition coefficient (Wildman–Crippen LogP) is 19.5. The van der Waals surface area contributed by atoms with Crippen molar-refractivity contribution >= 4 is 82.0 Å². The summed E-state index contributed by atoms with van der Waals surface area (Å²) in [7, 11) is 0. The van der Waals surface area contributed by atoms with Gasteiger partial charge in [-0.3, -0.25) is 0 Å². The molecule has 0 fully saturated rings. The van der Waals surface area contributed by atoms with Crippen LogP contribution < -0.4 is 4.90 Å². The number of aromatic nitrogens is 1. The van der Waals surface area contributed by atoms with E-state index in [1.165, 1.54) is 81.6 Å². The minimum atomic E-state index is 1.07. The second kappa shape index (κ2) is 17.2. The van der Waals surface area contributed by atoms with Crippen LogP contribution in [-0.4, -0.2) is 4.57 Å². The second-order valence-corrected chi connectivity index (χ2v) is 18.8. The summed E-state index contributed by atoms with van der Waals surface area (Å²) in [5.74, 6) is 0. The molecule has 14 aromatic rings. The van der Waals surface area contributed by atoms with Gasteiger partial charge in [0.15, 0.2) is 0 Å². The van der Waals surface area contributed by atoms with E-state index in [-0.39, 0.29) is 0 Å². The van der Waals surface area contributed by atoms with Crippen molar-refractivity contribution in [3.8, 4) is 50.2 Å². The largest absolute Gasteiger partial charge is 0.309 e. The third-order valence-corrected chi connectivity index (χ3v) is 14.7. The number of benzene rings is 13. The van der Waals surface area contributed by atoms with Crippen LogP contribution in [0, 0.1) is 0 Å². The third kappa shape index (κ3) is 6.88. The number of hydrogen-bond donors (Lipinski definition) is 0. The lowest BCUT2D eigenvalue weighted by Crippen LogP contribution is -2.12. The fraction of sp³-hybridized carbons (Fsp3) is 0. The summed E-state index contributed by atoms with van der Waals surface area (Å²) in [6.07, 6.45) is 0. The number of para-hydroxylation sites is 2. The summed E-state index contributed by atoms with van der Waals surface area (Å²) in [5, 5.41) is 12.2. The van der Waals surface area contributed by atoms with E-state index >= 15 is 0 Å². The summed E-state index contributed by atoms with van der Waals surface area (Å²) < 4.78 is 2.47. The molecule has 0 bridgehead atoms. The van der Waals surface area contributed by atoms with E-state index in [0.29, 0.717) is 0 Å². The summed E-state index contributed by atoms with van der Waals surface area (Å²) in [6.45, 7) is 0. The molecule has 0 aliphatic carbocycles. The van der Waals surface area contributed by atoms with Gasteiger partial charge in [0.25, 0.3) is 0 Å². The normalized spacial score (nSPS) is 11.6. The molecule has 0 aliphatic heterocycles. The molecule has 0 spiro atoms. The molecular weight excluding hydrogens is 869 g/mol. The number of nitrogens with zero attached hydrogens (tertiary/aromatic N) is 2. The Bertz CT molecular complexity index is 4400. The van der Waals surface area contributed by atoms with Gasteiger partial charge in [-0.05, 0) is 120 Å². The zero-order valence-electron chi connectivity index (χ0n) is 39.5. The lowest BCUT2D eigenvalue weighted by atomic mass is 9.92. The van der Waals surface area contributed by atoms with E-state index in [2.05, 4.69) is 289 Å². The topological polar surface area (TPSA) is 8.17 Å². The molecule has 0 saturated carbocycles. The van der Waals surface area contributed by atoms with E-state index < -0.39 is 0 Å². The lowest BCUT2D eigenvalue weighted by molar-refractivity contribution is 1.19. The Morgan fingerprint density at radius 2 is 0.764 bits per heavy atom. The van der Waals surface area contributed by atoms with E-state index in [9.17, 15) is 0 Å². The highest BCUT2D eigenvalue weighted by atomic mass is 15.1. The van der Waals surface area contributed by atoms with Crippen LogP contribution in [0.5, 0.6) is 0 Å². The highest BCUT2D eigenvalue weighted by Gasteiger charge is 2.24. The molecule has 1 aromatic heterocycles. The van der Waals surface area contributed by atoms with Crippen molar-refractivity contribution in [1.29, 1.82) is 0 Å². The maximum absolute atomic E-state index is 2.52. The van der Waals surface area contributed by atoms with E-state index in [1.54, 1.807) is 0 Å². The molecule has 14 rings (SSSR count). The zero-order chi connectivity index (χ0) is 47.5. The van der Waals surface area contributed by atoms with Gasteiger partial charge >= 0.3 is 0 Å². The molecular formula is C70H46N2. The molecule has 0 amide bonds. The zero-order valence-corrected chi connectivity index (χ0v) is 39.5. The minimum Gasteiger partial charge on any atom is -0.309 e. The molecule has 72 heavy (non-hydrogen) atoms. The molecule has 2 heteroatoms. The smallest absolute Gasteiger partial charge is 0.0619 e. The van der Waals surface area contributed by atoms with Crippen LogP contribution in [-0.2, 0) is 0 Å². The van der Waals surface area contributed by atoms with Crippen LogP contribution in [0.3, 0.4) is 0 Å². The molecule has 0 N–H and O–H groups in total. The molecule has 336 valence electrons. The first-order valence-corrected chi connectivity index (χ1v) is 24.8. The van der Waals surface area contributed by atoms with Crippen LogP contribution in [0.25, 0.3) is 115 Å². The Morgan fingerprint density at radius 1 is 0.250 bits per heavy atom. The fourth-order valence-electron chi connectivity index (χ4n) is 11.5. The van der Waals surface area contributed by atoms with E-state index in [1.807, 2.05) is 0 Å². The van der Waals surface area contributed by atoms with Crippen LogP contribution in [0.2, 0.25) is 0 Å². The summed E-state index contributed by atoms with van der Waals surface area (Å²) in [6, 6.07) is 103. The minimum absolute atomic E-state index is 1.07. The molecule has 0 saturated heterocycles. The third-order valence-electron chi connectivity index (χ3n) is 14.7. The maximum Gasteiger partial charge on any atom is 0.0619 e. The number of hydrogen-bond acceptors (Lipinski definition) is 1. The second-order valence-electron chi connectivity index (χ2n) is 18.8. The van der Waals surface area contributed by atoms with Gasteiger partial charge in [0.2, 0.25) is 0 Å². The number of anilines is 3. The van der Waals surface area contributed by atoms with E-state index in [0.717, 1.165) is 50.6 Å². The first-order valence-electron chi connectivity index (χ1n) is 24.8. The van der Waals surface area contributed by atoms with Gasteiger partial charge in [0.1, 0.15) is 0 Å². The summed E-state index contributed by atoms with van der Waals surface area (Å²) in [5.41, 5.74) is 16.1. The maximum atomic E-state index is 2.52. The van der Waals surface area contributed by atoms with Gasteiger partial charge in [-0.25, -0.2) is 0 Å². The lowest BCUT2D eigenvalue weighted by Gasteiger charge is -2.31. The highest BCUT2D eigenvalue weighted by Crippen LogP contribution is 2.49. The van der Waals surface area contributed by atoms with Gasteiger partial charge in [0.05, 0.1) is 22.4 Å².